The minimum atomic E-state index is -3.33. The van der Waals surface area contributed by atoms with Crippen LogP contribution in [0.1, 0.15) is 12.0 Å². The number of aromatic nitrogens is 1. The highest BCUT2D eigenvalue weighted by Gasteiger charge is 2.29. The fraction of sp³-hybridized carbons (Fsp3) is 0.267. The predicted molar refractivity (Wildman–Crippen MR) is 90.7 cm³/mol. The van der Waals surface area contributed by atoms with Crippen molar-refractivity contribution in [3.8, 4) is 0 Å². The van der Waals surface area contributed by atoms with Gasteiger partial charge in [-0.2, -0.15) is 0 Å². The van der Waals surface area contributed by atoms with Crippen LogP contribution in [0, 0.1) is 6.92 Å². The van der Waals surface area contributed by atoms with Crippen molar-refractivity contribution in [1.29, 1.82) is 0 Å². The molecule has 3 rings (SSSR count). The molecule has 1 aliphatic heterocycles. The number of benzene rings is 1. The molecule has 0 unspecified atom stereocenters. The Morgan fingerprint density at radius 1 is 1.20 bits per heavy atom. The van der Waals surface area contributed by atoms with E-state index in [-0.39, 0.29) is 11.6 Å². The number of anilines is 3. The van der Waals surface area contributed by atoms with Gasteiger partial charge in [0.15, 0.2) is 5.82 Å². The lowest BCUT2D eigenvalue weighted by molar-refractivity contribution is -0.133. The average Bonchev–Trinajstić information content (AvgIpc) is 3.18. The molecule has 10 heteroatoms. The molecule has 2 N–H and O–H groups in total. The molecule has 1 aromatic carbocycles. The molecule has 25 heavy (non-hydrogen) atoms. The molecule has 2 amide bonds. The number of sulfonamides is 1. The first-order valence-corrected chi connectivity index (χ1v) is 9.11. The maximum Gasteiger partial charge on any atom is 0.315 e. The van der Waals surface area contributed by atoms with E-state index in [9.17, 15) is 18.0 Å². The number of nitrogens with one attached hydrogen (secondary N) is 2. The zero-order valence-corrected chi connectivity index (χ0v) is 14.2. The van der Waals surface area contributed by atoms with Gasteiger partial charge in [-0.1, -0.05) is 11.2 Å². The van der Waals surface area contributed by atoms with Gasteiger partial charge in [0, 0.05) is 18.3 Å². The van der Waals surface area contributed by atoms with Crippen molar-refractivity contribution >= 4 is 39.0 Å². The van der Waals surface area contributed by atoms with E-state index in [0.717, 1.165) is 0 Å². The minimum absolute atomic E-state index is 0.0999. The quantitative estimate of drug-likeness (QED) is 0.787. The maximum atomic E-state index is 12.0. The SMILES string of the molecule is Cc1ccc(N2CCCS2(=O)=O)cc1NC(=O)C(=O)Nc1ccon1. The van der Waals surface area contributed by atoms with Crippen molar-refractivity contribution in [2.45, 2.75) is 13.3 Å². The number of carbonyl (C=O) groups excluding carboxylic acids is 2. The average molecular weight is 364 g/mol. The summed E-state index contributed by atoms with van der Waals surface area (Å²) in [5.41, 5.74) is 1.51. The molecule has 2 aromatic rings. The summed E-state index contributed by atoms with van der Waals surface area (Å²) in [5.74, 6) is -1.59. The molecule has 0 aliphatic carbocycles. The van der Waals surface area contributed by atoms with Gasteiger partial charge in [0.05, 0.1) is 11.4 Å². The highest BCUT2D eigenvalue weighted by molar-refractivity contribution is 7.93. The van der Waals surface area contributed by atoms with E-state index in [4.69, 9.17) is 0 Å². The molecular weight excluding hydrogens is 348 g/mol. The summed E-state index contributed by atoms with van der Waals surface area (Å²) in [5, 5.41) is 8.25. The lowest BCUT2D eigenvalue weighted by atomic mass is 10.1. The van der Waals surface area contributed by atoms with Gasteiger partial charge >= 0.3 is 11.8 Å². The Bertz CT molecular complexity index is 908. The Kier molecular flexibility index (Phi) is 4.45. The fourth-order valence-corrected chi connectivity index (χ4v) is 4.01. The molecule has 0 spiro atoms. The van der Waals surface area contributed by atoms with Crippen LogP contribution in [-0.2, 0) is 19.6 Å². The molecule has 132 valence electrons. The van der Waals surface area contributed by atoms with Gasteiger partial charge in [-0.15, -0.1) is 0 Å². The molecule has 1 aliphatic rings. The van der Waals surface area contributed by atoms with Crippen LogP contribution in [0.3, 0.4) is 0 Å². The van der Waals surface area contributed by atoms with Gasteiger partial charge in [0.2, 0.25) is 10.0 Å². The van der Waals surface area contributed by atoms with Crippen LogP contribution in [0.5, 0.6) is 0 Å². The highest BCUT2D eigenvalue weighted by Crippen LogP contribution is 2.28. The first-order chi connectivity index (χ1) is 11.9. The summed E-state index contributed by atoms with van der Waals surface area (Å²) in [6.45, 7) is 2.14. The Labute approximate surface area is 144 Å². The molecule has 2 heterocycles. The lowest BCUT2D eigenvalue weighted by Crippen LogP contribution is -2.30. The maximum absolute atomic E-state index is 12.0. The van der Waals surface area contributed by atoms with E-state index < -0.39 is 21.8 Å². The van der Waals surface area contributed by atoms with E-state index in [0.29, 0.717) is 29.9 Å². The summed E-state index contributed by atoms with van der Waals surface area (Å²) >= 11 is 0. The van der Waals surface area contributed by atoms with Crippen LogP contribution in [0.2, 0.25) is 0 Å². The van der Waals surface area contributed by atoms with Gasteiger partial charge < -0.3 is 9.84 Å². The van der Waals surface area contributed by atoms with Gasteiger partial charge in [-0.25, -0.2) is 8.42 Å². The van der Waals surface area contributed by atoms with Crippen LogP contribution < -0.4 is 14.9 Å². The number of amides is 2. The second-order valence-electron chi connectivity index (χ2n) is 5.53. The van der Waals surface area contributed by atoms with Crippen LogP contribution in [-0.4, -0.2) is 37.7 Å². The second kappa shape index (κ2) is 6.55. The van der Waals surface area contributed by atoms with Crippen LogP contribution in [0.15, 0.2) is 35.1 Å². The van der Waals surface area contributed by atoms with E-state index in [1.165, 1.54) is 16.6 Å². The monoisotopic (exact) mass is 364 g/mol. The Hall–Kier alpha value is -2.88. The number of hydrogen-bond acceptors (Lipinski definition) is 6. The number of nitrogens with zero attached hydrogens (tertiary/aromatic N) is 2. The second-order valence-corrected chi connectivity index (χ2v) is 7.55. The van der Waals surface area contributed by atoms with Crippen LogP contribution in [0.25, 0.3) is 0 Å². The van der Waals surface area contributed by atoms with E-state index >= 15 is 0 Å². The molecule has 1 fully saturated rings. The Balaban J connectivity index is 1.77. The zero-order valence-electron chi connectivity index (χ0n) is 13.4. The summed E-state index contributed by atoms with van der Waals surface area (Å²) in [7, 11) is -3.33. The third-order valence-corrected chi connectivity index (χ3v) is 5.61. The third-order valence-electron chi connectivity index (χ3n) is 3.74. The highest BCUT2D eigenvalue weighted by atomic mass is 32.2. The van der Waals surface area contributed by atoms with Gasteiger partial charge in [-0.05, 0) is 31.0 Å². The van der Waals surface area contributed by atoms with Crippen molar-refractivity contribution < 1.29 is 22.5 Å². The van der Waals surface area contributed by atoms with Crippen LogP contribution in [0.4, 0.5) is 17.2 Å². The van der Waals surface area contributed by atoms with Crippen molar-refractivity contribution in [1.82, 2.24) is 5.16 Å². The Morgan fingerprint density at radius 2 is 1.96 bits per heavy atom. The van der Waals surface area contributed by atoms with E-state index in [1.807, 2.05) is 0 Å². The van der Waals surface area contributed by atoms with Crippen molar-refractivity contribution in [2.75, 3.05) is 27.2 Å². The molecule has 1 aromatic heterocycles. The molecule has 1 saturated heterocycles. The molecule has 0 bridgehead atoms. The van der Waals surface area contributed by atoms with Crippen molar-refractivity contribution in [3.63, 3.8) is 0 Å². The molecule has 0 radical (unpaired) electrons. The number of aryl methyl sites for hydroxylation is 1. The van der Waals surface area contributed by atoms with E-state index in [1.54, 1.807) is 25.1 Å². The Morgan fingerprint density at radius 3 is 2.60 bits per heavy atom. The smallest absolute Gasteiger partial charge is 0.315 e. The molecule has 9 nitrogen and oxygen atoms in total. The van der Waals surface area contributed by atoms with Gasteiger partial charge in [0.1, 0.15) is 6.26 Å². The number of carbonyl (C=O) groups is 2. The predicted octanol–water partition coefficient (Wildman–Crippen LogP) is 1.10. The minimum Gasteiger partial charge on any atom is -0.363 e. The largest absolute Gasteiger partial charge is 0.363 e. The standard InChI is InChI=1S/C15H16N4O5S/c1-10-3-4-11(19-6-2-8-25(19,22)23)9-12(10)16-14(20)15(21)17-13-5-7-24-18-13/h3-5,7,9H,2,6,8H2,1H3,(H,16,20)(H,17,18,21). The third kappa shape index (κ3) is 3.63. The normalized spacial score (nSPS) is 15.8. The van der Waals surface area contributed by atoms with Crippen molar-refractivity contribution in [3.05, 3.63) is 36.1 Å². The van der Waals surface area contributed by atoms with Crippen LogP contribution >= 0.6 is 0 Å². The molecule has 0 saturated carbocycles. The number of rotatable bonds is 3. The fourth-order valence-electron chi connectivity index (χ4n) is 2.46. The first-order valence-electron chi connectivity index (χ1n) is 7.50. The summed E-state index contributed by atoms with van der Waals surface area (Å²) in [4.78, 5) is 23.9. The summed E-state index contributed by atoms with van der Waals surface area (Å²) < 4.78 is 29.9. The first kappa shape index (κ1) is 17.0. The number of hydrogen-bond donors (Lipinski definition) is 2. The molecule has 0 atom stereocenters. The zero-order chi connectivity index (χ0) is 18.0. The summed E-state index contributed by atoms with van der Waals surface area (Å²) in [6.07, 6.45) is 1.82. The van der Waals surface area contributed by atoms with Gasteiger partial charge in [-0.3, -0.25) is 19.2 Å². The lowest BCUT2D eigenvalue weighted by Gasteiger charge is -2.19. The topological polar surface area (TPSA) is 122 Å². The molecular formula is C15H16N4O5S. The van der Waals surface area contributed by atoms with Gasteiger partial charge in [0.25, 0.3) is 0 Å². The summed E-state index contributed by atoms with van der Waals surface area (Å²) in [6, 6.07) is 6.30. The van der Waals surface area contributed by atoms with Crippen molar-refractivity contribution in [2.24, 2.45) is 0 Å². The van der Waals surface area contributed by atoms with E-state index in [2.05, 4.69) is 20.3 Å².